The summed E-state index contributed by atoms with van der Waals surface area (Å²) in [5, 5.41) is 10.4. The van der Waals surface area contributed by atoms with Crippen molar-refractivity contribution < 1.29 is 19.0 Å². The fourth-order valence-corrected chi connectivity index (χ4v) is 3.37. The Bertz CT molecular complexity index is 965. The maximum absolute atomic E-state index is 14.6. The van der Waals surface area contributed by atoms with Crippen LogP contribution in [0.5, 0.6) is 5.75 Å². The number of anilines is 1. The van der Waals surface area contributed by atoms with Crippen LogP contribution >= 0.6 is 0 Å². The Morgan fingerprint density at radius 2 is 2.03 bits per heavy atom. The molecule has 1 aliphatic heterocycles. The highest BCUT2D eigenvalue weighted by molar-refractivity contribution is 5.87. The van der Waals surface area contributed by atoms with Gasteiger partial charge < -0.3 is 19.7 Å². The highest BCUT2D eigenvalue weighted by Crippen LogP contribution is 2.29. The molecule has 1 aromatic carbocycles. The number of nitrogens with zero attached hydrogens (tertiary/aromatic N) is 2. The van der Waals surface area contributed by atoms with Gasteiger partial charge in [0.15, 0.2) is 0 Å². The summed E-state index contributed by atoms with van der Waals surface area (Å²) in [5.74, 6) is 1.16. The average Bonchev–Trinajstić information content (AvgIpc) is 3.12. The number of carbonyl (C=O) groups is 1. The minimum atomic E-state index is -0.470. The van der Waals surface area contributed by atoms with Crippen molar-refractivity contribution in [3.8, 4) is 17.0 Å². The molecule has 154 valence electrons. The van der Waals surface area contributed by atoms with Gasteiger partial charge in [-0.1, -0.05) is 6.92 Å². The number of nitrogens with one attached hydrogen (secondary N) is 1. The van der Waals surface area contributed by atoms with E-state index in [-0.39, 0.29) is 5.75 Å². The van der Waals surface area contributed by atoms with Crippen LogP contribution in [-0.4, -0.2) is 41.2 Å². The largest absolute Gasteiger partial charge is 0.508 e. The van der Waals surface area contributed by atoms with Crippen molar-refractivity contribution in [3.05, 3.63) is 42.3 Å². The van der Waals surface area contributed by atoms with Crippen molar-refractivity contribution in [1.29, 1.82) is 0 Å². The molecule has 3 aromatic rings. The van der Waals surface area contributed by atoms with Gasteiger partial charge in [0.1, 0.15) is 11.6 Å². The van der Waals surface area contributed by atoms with E-state index in [2.05, 4.69) is 26.5 Å². The van der Waals surface area contributed by atoms with Crippen LogP contribution in [0, 0.1) is 11.9 Å². The van der Waals surface area contributed by atoms with E-state index >= 15 is 0 Å². The third-order valence-electron chi connectivity index (χ3n) is 5.07. The van der Waals surface area contributed by atoms with Crippen molar-refractivity contribution in [1.82, 2.24) is 9.97 Å². The molecule has 3 heterocycles. The second-order valence-electron chi connectivity index (χ2n) is 7.18. The van der Waals surface area contributed by atoms with Crippen molar-refractivity contribution in [2.75, 3.05) is 24.6 Å². The molecule has 29 heavy (non-hydrogen) atoms. The summed E-state index contributed by atoms with van der Waals surface area (Å²) in [6, 6.07) is 10.5. The first-order valence-corrected chi connectivity index (χ1v) is 9.80. The first-order valence-electron chi connectivity index (χ1n) is 9.80. The van der Waals surface area contributed by atoms with Crippen molar-refractivity contribution >= 4 is 23.2 Å². The quantitative estimate of drug-likeness (QED) is 0.499. The van der Waals surface area contributed by atoms with Crippen LogP contribution in [-0.2, 0) is 9.53 Å². The number of aromatic hydroxyl groups is 1. The molecule has 1 aliphatic rings. The molecule has 1 fully saturated rings. The van der Waals surface area contributed by atoms with Gasteiger partial charge in [-0.05, 0) is 62.1 Å². The summed E-state index contributed by atoms with van der Waals surface area (Å²) >= 11 is 0. The zero-order valence-corrected chi connectivity index (χ0v) is 16.7. The second kappa shape index (κ2) is 9.41. The summed E-state index contributed by atoms with van der Waals surface area (Å²) in [4.78, 5) is 18.7. The van der Waals surface area contributed by atoms with Crippen molar-refractivity contribution in [2.24, 2.45) is 5.92 Å². The van der Waals surface area contributed by atoms with Gasteiger partial charge in [-0.2, -0.15) is 4.39 Å². The molecule has 0 radical (unpaired) electrons. The summed E-state index contributed by atoms with van der Waals surface area (Å²) in [6.45, 7) is 6.78. The molecule has 2 aromatic heterocycles. The number of hydrogen-bond donors (Lipinski definition) is 2. The van der Waals surface area contributed by atoms with E-state index in [0.29, 0.717) is 30.2 Å². The van der Waals surface area contributed by atoms with E-state index in [1.165, 1.54) is 0 Å². The van der Waals surface area contributed by atoms with Gasteiger partial charge in [0.2, 0.25) is 5.95 Å². The SMILES string of the molecule is CC1CCN(c2ccc(-c3cc4cc(O)ccc4[nH]3)c(F)n2)CC1.CCOC=O. The number of halogens is 1. The van der Waals surface area contributed by atoms with Crippen molar-refractivity contribution in [3.63, 3.8) is 0 Å². The monoisotopic (exact) mass is 399 g/mol. The Kier molecular flexibility index (Phi) is 6.69. The number of phenols is 1. The summed E-state index contributed by atoms with van der Waals surface area (Å²) in [7, 11) is 0. The topological polar surface area (TPSA) is 78.4 Å². The standard InChI is InChI=1S/C19H20FN3O.C3H6O2/c1-12-6-8-23(9-7-12)18-5-3-15(19(20)22-18)17-11-13-10-14(24)2-4-16(13)21-17;1-2-5-3-4/h2-5,10-12,21,24H,6-9H2,1H3;3H,2H2,1H3. The number of rotatable bonds is 4. The minimum absolute atomic E-state index is 0.196. The predicted octanol–water partition coefficient (Wildman–Crippen LogP) is 4.49. The lowest BCUT2D eigenvalue weighted by molar-refractivity contribution is -0.128. The van der Waals surface area contributed by atoms with Crippen molar-refractivity contribution in [2.45, 2.75) is 26.7 Å². The average molecular weight is 399 g/mol. The summed E-state index contributed by atoms with van der Waals surface area (Å²) in [5.41, 5.74) is 1.97. The molecular formula is C22H26FN3O3. The lowest BCUT2D eigenvalue weighted by Gasteiger charge is -2.31. The number of phenolic OH excluding ortho intramolecular Hbond substituents is 1. The summed E-state index contributed by atoms with van der Waals surface area (Å²) in [6.07, 6.45) is 2.24. The lowest BCUT2D eigenvalue weighted by atomic mass is 9.99. The molecule has 0 amide bonds. The van der Waals surface area contributed by atoms with Gasteiger partial charge >= 0.3 is 0 Å². The Morgan fingerprint density at radius 1 is 1.28 bits per heavy atom. The maximum atomic E-state index is 14.6. The third kappa shape index (κ3) is 5.04. The number of pyridine rings is 1. The molecule has 0 aliphatic carbocycles. The Hall–Kier alpha value is -3.09. The van der Waals surface area contributed by atoms with Gasteiger partial charge in [0, 0.05) is 24.0 Å². The number of carbonyl (C=O) groups excluding carboxylic acids is 1. The van der Waals surface area contributed by atoms with Gasteiger partial charge in [-0.3, -0.25) is 4.79 Å². The van der Waals surface area contributed by atoms with E-state index in [0.717, 1.165) is 42.8 Å². The number of piperidine rings is 1. The molecule has 0 saturated carbocycles. The molecule has 0 atom stereocenters. The maximum Gasteiger partial charge on any atom is 0.293 e. The lowest BCUT2D eigenvalue weighted by Crippen LogP contribution is -2.33. The van der Waals surface area contributed by atoms with Crippen LogP contribution in [0.4, 0.5) is 10.2 Å². The zero-order chi connectivity index (χ0) is 20.8. The molecule has 0 spiro atoms. The van der Waals surface area contributed by atoms with Gasteiger partial charge in [0.25, 0.3) is 6.47 Å². The van der Waals surface area contributed by atoms with Crippen LogP contribution in [0.25, 0.3) is 22.2 Å². The molecule has 0 unspecified atom stereocenters. The van der Waals surface area contributed by atoms with E-state index in [4.69, 9.17) is 0 Å². The predicted molar refractivity (Wildman–Crippen MR) is 111 cm³/mol. The number of ether oxygens (including phenoxy) is 1. The normalized spacial score (nSPS) is 14.4. The molecule has 2 N–H and O–H groups in total. The fourth-order valence-electron chi connectivity index (χ4n) is 3.37. The number of hydrogen-bond acceptors (Lipinski definition) is 5. The van der Waals surface area contributed by atoms with E-state index in [1.54, 1.807) is 31.2 Å². The number of H-pyrrole nitrogens is 1. The molecule has 0 bridgehead atoms. The van der Waals surface area contributed by atoms with Gasteiger partial charge in [0.05, 0.1) is 17.9 Å². The number of fused-ring (bicyclic) bond motifs is 1. The Labute approximate surface area is 169 Å². The van der Waals surface area contributed by atoms with E-state index in [1.807, 2.05) is 12.1 Å². The van der Waals surface area contributed by atoms with E-state index in [9.17, 15) is 14.3 Å². The van der Waals surface area contributed by atoms with Gasteiger partial charge in [-0.25, -0.2) is 4.98 Å². The van der Waals surface area contributed by atoms with Crippen LogP contribution in [0.3, 0.4) is 0 Å². The number of benzene rings is 1. The van der Waals surface area contributed by atoms with Gasteiger partial charge in [-0.15, -0.1) is 0 Å². The molecule has 6 nitrogen and oxygen atoms in total. The molecule has 1 saturated heterocycles. The Balaban J connectivity index is 0.000000431. The van der Waals surface area contributed by atoms with E-state index < -0.39 is 5.95 Å². The Morgan fingerprint density at radius 3 is 2.66 bits per heavy atom. The second-order valence-corrected chi connectivity index (χ2v) is 7.18. The molecule has 4 rings (SSSR count). The highest BCUT2D eigenvalue weighted by atomic mass is 19.1. The molecular weight excluding hydrogens is 373 g/mol. The molecule has 7 heteroatoms. The number of aromatic nitrogens is 2. The van der Waals surface area contributed by atoms with Crippen LogP contribution in [0.2, 0.25) is 0 Å². The highest BCUT2D eigenvalue weighted by Gasteiger charge is 2.19. The number of aromatic amines is 1. The fraction of sp³-hybridized carbons (Fsp3) is 0.364. The summed E-state index contributed by atoms with van der Waals surface area (Å²) < 4.78 is 18.7. The third-order valence-corrected chi connectivity index (χ3v) is 5.07. The first-order chi connectivity index (χ1) is 14.0. The minimum Gasteiger partial charge on any atom is -0.508 e. The van der Waals surface area contributed by atoms with Crippen LogP contribution < -0.4 is 4.90 Å². The van der Waals surface area contributed by atoms with Crippen LogP contribution in [0.15, 0.2) is 36.4 Å². The smallest absolute Gasteiger partial charge is 0.293 e. The first kappa shape index (κ1) is 20.6. The zero-order valence-electron chi connectivity index (χ0n) is 16.7. The van der Waals surface area contributed by atoms with Crippen LogP contribution in [0.1, 0.15) is 26.7 Å².